The van der Waals surface area contributed by atoms with E-state index >= 15 is 0 Å². The molecule has 1 aromatic carbocycles. The molecular formula is C27H34O2. The minimum atomic E-state index is -0.109. The van der Waals surface area contributed by atoms with Crippen LogP contribution in [0, 0.1) is 28.6 Å². The van der Waals surface area contributed by atoms with Crippen molar-refractivity contribution in [2.75, 3.05) is 0 Å². The van der Waals surface area contributed by atoms with Crippen LogP contribution in [0.2, 0.25) is 0 Å². The van der Waals surface area contributed by atoms with E-state index in [1.165, 1.54) is 49.7 Å². The molecule has 2 saturated carbocycles. The van der Waals surface area contributed by atoms with Gasteiger partial charge in [-0.2, -0.15) is 0 Å². The minimum Gasteiger partial charge on any atom is -0.462 e. The van der Waals surface area contributed by atoms with E-state index in [1.54, 1.807) is 12.5 Å². The van der Waals surface area contributed by atoms with Crippen LogP contribution in [-0.2, 0) is 9.53 Å². The van der Waals surface area contributed by atoms with Gasteiger partial charge in [0.15, 0.2) is 0 Å². The Kier molecular flexibility index (Phi) is 4.53. The second kappa shape index (κ2) is 6.86. The van der Waals surface area contributed by atoms with Gasteiger partial charge in [-0.05, 0) is 84.8 Å². The molecule has 4 aliphatic rings. The fourth-order valence-corrected chi connectivity index (χ4v) is 7.55. The first-order chi connectivity index (χ1) is 13.9. The molecule has 2 fully saturated rings. The van der Waals surface area contributed by atoms with Gasteiger partial charge in [-0.15, -0.1) is 0 Å². The van der Waals surface area contributed by atoms with E-state index in [-0.39, 0.29) is 17.5 Å². The zero-order valence-corrected chi connectivity index (χ0v) is 18.1. The summed E-state index contributed by atoms with van der Waals surface area (Å²) in [5, 5.41) is 0. The number of hydrogen-bond donors (Lipinski definition) is 0. The Bertz CT molecular complexity index is 866. The summed E-state index contributed by atoms with van der Waals surface area (Å²) in [7, 11) is 0. The maximum atomic E-state index is 11.6. The normalized spacial score (nSPS) is 40.8. The molecule has 0 amide bonds. The van der Waals surface area contributed by atoms with E-state index in [1.807, 2.05) is 0 Å². The van der Waals surface area contributed by atoms with E-state index in [4.69, 9.17) is 4.74 Å². The van der Waals surface area contributed by atoms with Crippen LogP contribution in [0.1, 0.15) is 71.3 Å². The van der Waals surface area contributed by atoms with Crippen molar-refractivity contribution in [3.05, 3.63) is 53.6 Å². The summed E-state index contributed by atoms with van der Waals surface area (Å²) < 4.78 is 5.79. The van der Waals surface area contributed by atoms with E-state index in [0.717, 1.165) is 18.3 Å². The maximum absolute atomic E-state index is 11.6. The molecule has 154 valence electrons. The SMILES string of the molecule is CC(=O)O[C@H]1CC[C@H]2[C@@H]3CC=C4C=C(c5ccccc5)CC[C@]4(C)[C@H]3CC[C@]12C. The van der Waals surface area contributed by atoms with Crippen molar-refractivity contribution in [1.29, 1.82) is 0 Å². The number of fused-ring (bicyclic) bond motifs is 5. The number of hydrogen-bond acceptors (Lipinski definition) is 2. The van der Waals surface area contributed by atoms with Gasteiger partial charge < -0.3 is 4.74 Å². The molecule has 0 radical (unpaired) electrons. The Balaban J connectivity index is 1.44. The molecule has 1 aromatic rings. The van der Waals surface area contributed by atoms with Crippen molar-refractivity contribution in [2.45, 2.75) is 71.8 Å². The molecule has 2 heteroatoms. The Hall–Kier alpha value is -1.83. The predicted molar refractivity (Wildman–Crippen MR) is 117 cm³/mol. The van der Waals surface area contributed by atoms with E-state index in [9.17, 15) is 4.79 Å². The average molecular weight is 391 g/mol. The van der Waals surface area contributed by atoms with Crippen molar-refractivity contribution >= 4 is 11.5 Å². The lowest BCUT2D eigenvalue weighted by Gasteiger charge is -2.56. The largest absolute Gasteiger partial charge is 0.462 e. The van der Waals surface area contributed by atoms with Gasteiger partial charge in [0, 0.05) is 12.3 Å². The summed E-state index contributed by atoms with van der Waals surface area (Å²) in [6.07, 6.45) is 13.6. The van der Waals surface area contributed by atoms with E-state index in [2.05, 4.69) is 56.3 Å². The van der Waals surface area contributed by atoms with Gasteiger partial charge in [0.05, 0.1) is 0 Å². The maximum Gasteiger partial charge on any atom is 0.302 e. The lowest BCUT2D eigenvalue weighted by Crippen LogP contribution is -2.50. The number of rotatable bonds is 2. The molecule has 6 atom stereocenters. The molecule has 0 aliphatic heterocycles. The summed E-state index contributed by atoms with van der Waals surface area (Å²) in [6, 6.07) is 10.9. The molecule has 4 aliphatic carbocycles. The van der Waals surface area contributed by atoms with Crippen LogP contribution in [-0.4, -0.2) is 12.1 Å². The quantitative estimate of drug-likeness (QED) is 0.534. The first-order valence-corrected chi connectivity index (χ1v) is 11.6. The van der Waals surface area contributed by atoms with Crippen LogP contribution in [0.4, 0.5) is 0 Å². The van der Waals surface area contributed by atoms with Crippen molar-refractivity contribution < 1.29 is 9.53 Å². The number of ether oxygens (including phenoxy) is 1. The third-order valence-corrected chi connectivity index (χ3v) is 9.13. The van der Waals surface area contributed by atoms with E-state index in [0.29, 0.717) is 11.3 Å². The number of carbonyl (C=O) groups is 1. The Morgan fingerprint density at radius 2 is 1.83 bits per heavy atom. The van der Waals surface area contributed by atoms with Crippen LogP contribution >= 0.6 is 0 Å². The Morgan fingerprint density at radius 3 is 2.59 bits per heavy atom. The number of esters is 1. The molecule has 0 bridgehead atoms. The highest BCUT2D eigenvalue weighted by molar-refractivity contribution is 5.70. The zero-order chi connectivity index (χ0) is 20.2. The smallest absolute Gasteiger partial charge is 0.302 e. The first kappa shape index (κ1) is 19.2. The Labute approximate surface area is 175 Å². The zero-order valence-electron chi connectivity index (χ0n) is 18.1. The monoisotopic (exact) mass is 390 g/mol. The van der Waals surface area contributed by atoms with Gasteiger partial charge >= 0.3 is 5.97 Å². The van der Waals surface area contributed by atoms with Crippen LogP contribution < -0.4 is 0 Å². The van der Waals surface area contributed by atoms with Crippen molar-refractivity contribution in [3.63, 3.8) is 0 Å². The highest BCUT2D eigenvalue weighted by Gasteiger charge is 2.59. The number of benzene rings is 1. The average Bonchev–Trinajstić information content (AvgIpc) is 3.04. The van der Waals surface area contributed by atoms with Gasteiger partial charge in [-0.25, -0.2) is 0 Å². The summed E-state index contributed by atoms with van der Waals surface area (Å²) in [4.78, 5) is 11.6. The Morgan fingerprint density at radius 1 is 1.03 bits per heavy atom. The lowest BCUT2D eigenvalue weighted by atomic mass is 9.48. The molecule has 0 heterocycles. The topological polar surface area (TPSA) is 26.3 Å². The lowest BCUT2D eigenvalue weighted by molar-refractivity contribution is -0.156. The molecule has 0 aromatic heterocycles. The highest BCUT2D eigenvalue weighted by atomic mass is 16.5. The molecular weight excluding hydrogens is 356 g/mol. The fraction of sp³-hybridized carbons (Fsp3) is 0.593. The third-order valence-electron chi connectivity index (χ3n) is 9.13. The molecule has 0 spiro atoms. The second-order valence-electron chi connectivity index (χ2n) is 10.4. The molecule has 0 N–H and O–H groups in total. The molecule has 5 rings (SSSR count). The van der Waals surface area contributed by atoms with Gasteiger partial charge in [0.1, 0.15) is 6.10 Å². The van der Waals surface area contributed by atoms with Gasteiger partial charge in [-0.3, -0.25) is 4.79 Å². The van der Waals surface area contributed by atoms with Crippen LogP contribution in [0.15, 0.2) is 48.1 Å². The van der Waals surface area contributed by atoms with E-state index < -0.39 is 0 Å². The van der Waals surface area contributed by atoms with Crippen molar-refractivity contribution in [1.82, 2.24) is 0 Å². The predicted octanol–water partition coefficient (Wildman–Crippen LogP) is 6.57. The number of carbonyl (C=O) groups excluding carboxylic acids is 1. The molecule has 2 nitrogen and oxygen atoms in total. The van der Waals surface area contributed by atoms with Gasteiger partial charge in [-0.1, -0.05) is 56.3 Å². The van der Waals surface area contributed by atoms with Crippen LogP contribution in [0.25, 0.3) is 5.57 Å². The van der Waals surface area contributed by atoms with Crippen molar-refractivity contribution in [2.24, 2.45) is 28.6 Å². The summed E-state index contributed by atoms with van der Waals surface area (Å²) in [5.74, 6) is 2.10. The third kappa shape index (κ3) is 2.94. The first-order valence-electron chi connectivity index (χ1n) is 11.6. The molecule has 29 heavy (non-hydrogen) atoms. The van der Waals surface area contributed by atoms with Crippen molar-refractivity contribution in [3.8, 4) is 0 Å². The standard InChI is InChI=1S/C27H34O2/c1-18(28)29-25-12-11-23-22-10-9-21-17-20(19-7-5-4-6-8-19)13-15-26(21,2)24(22)14-16-27(23,25)3/h4-9,17,22-25H,10-16H2,1-3H3/t22-,23-,24-,25-,26-,27-/m0/s1. The van der Waals surface area contributed by atoms with Crippen LogP contribution in [0.3, 0.4) is 0 Å². The highest BCUT2D eigenvalue weighted by Crippen LogP contribution is 2.65. The van der Waals surface area contributed by atoms with Gasteiger partial charge in [0.25, 0.3) is 0 Å². The number of allylic oxidation sites excluding steroid dienone is 4. The summed E-state index contributed by atoms with van der Waals surface area (Å²) >= 11 is 0. The van der Waals surface area contributed by atoms with Crippen LogP contribution in [0.5, 0.6) is 0 Å². The second-order valence-corrected chi connectivity index (χ2v) is 10.4. The summed E-state index contributed by atoms with van der Waals surface area (Å²) in [5.41, 5.74) is 4.95. The summed E-state index contributed by atoms with van der Waals surface area (Å²) in [6.45, 7) is 6.51. The molecule has 0 unspecified atom stereocenters. The molecule has 0 saturated heterocycles. The minimum absolute atomic E-state index is 0.109. The van der Waals surface area contributed by atoms with Gasteiger partial charge in [0.2, 0.25) is 0 Å². The fourth-order valence-electron chi connectivity index (χ4n) is 7.55.